The van der Waals surface area contributed by atoms with Crippen LogP contribution in [-0.4, -0.2) is 28.5 Å². The molecule has 3 rings (SSSR count). The molecule has 1 aromatic heterocycles. The van der Waals surface area contributed by atoms with Crippen molar-refractivity contribution in [3.63, 3.8) is 0 Å². The molecule has 0 unspecified atom stereocenters. The highest BCUT2D eigenvalue weighted by molar-refractivity contribution is 8.18. The Morgan fingerprint density at radius 2 is 2.00 bits per heavy atom. The number of imide groups is 1. The van der Waals surface area contributed by atoms with Crippen LogP contribution in [0.3, 0.4) is 0 Å². The highest BCUT2D eigenvalue weighted by Gasteiger charge is 2.36. The lowest BCUT2D eigenvalue weighted by molar-refractivity contribution is -0.127. The van der Waals surface area contributed by atoms with Crippen molar-refractivity contribution in [3.05, 3.63) is 57.1 Å². The molecule has 0 aliphatic carbocycles. The maximum Gasteiger partial charge on any atom is 0.294 e. The van der Waals surface area contributed by atoms with Crippen LogP contribution in [0.5, 0.6) is 0 Å². The quantitative estimate of drug-likeness (QED) is 0.822. The lowest BCUT2D eigenvalue weighted by Gasteiger charge is -2.12. The van der Waals surface area contributed by atoms with Gasteiger partial charge in [-0.3, -0.25) is 19.3 Å². The van der Waals surface area contributed by atoms with Gasteiger partial charge in [-0.05, 0) is 41.4 Å². The summed E-state index contributed by atoms with van der Waals surface area (Å²) >= 11 is 2.16. The van der Waals surface area contributed by atoms with Gasteiger partial charge in [0, 0.05) is 16.6 Å². The number of hydrogen-bond donors (Lipinski definition) is 1. The van der Waals surface area contributed by atoms with Crippen molar-refractivity contribution in [1.82, 2.24) is 4.90 Å². The third kappa shape index (κ3) is 3.94. The molecule has 1 aliphatic rings. The number of nitrogens with one attached hydrogen (secondary N) is 1. The predicted molar refractivity (Wildman–Crippen MR) is 92.0 cm³/mol. The second kappa shape index (κ2) is 7.16. The van der Waals surface area contributed by atoms with Gasteiger partial charge >= 0.3 is 0 Å². The van der Waals surface area contributed by atoms with Crippen molar-refractivity contribution in [2.24, 2.45) is 0 Å². The average molecular weight is 380 g/mol. The first-order valence-corrected chi connectivity index (χ1v) is 8.67. The number of halogens is 2. The Morgan fingerprint density at radius 3 is 2.68 bits per heavy atom. The Morgan fingerprint density at radius 1 is 1.20 bits per heavy atom. The molecule has 2 heterocycles. The molecule has 128 valence electrons. The Balaban J connectivity index is 1.67. The number of thiophene rings is 1. The second-order valence-corrected chi connectivity index (χ2v) is 6.93. The van der Waals surface area contributed by atoms with Crippen LogP contribution in [0.2, 0.25) is 0 Å². The van der Waals surface area contributed by atoms with E-state index in [0.717, 1.165) is 33.7 Å². The maximum absolute atomic E-state index is 13.1. The van der Waals surface area contributed by atoms with Crippen LogP contribution in [0.1, 0.15) is 4.88 Å². The van der Waals surface area contributed by atoms with Gasteiger partial charge in [0.05, 0.1) is 4.91 Å². The van der Waals surface area contributed by atoms with E-state index in [2.05, 4.69) is 5.32 Å². The largest absolute Gasteiger partial charge is 0.324 e. The third-order valence-electron chi connectivity index (χ3n) is 3.20. The number of carbonyl (C=O) groups excluding carboxylic acids is 3. The number of amides is 3. The van der Waals surface area contributed by atoms with Crippen molar-refractivity contribution >= 4 is 51.9 Å². The van der Waals surface area contributed by atoms with Gasteiger partial charge in [0.1, 0.15) is 6.54 Å². The van der Waals surface area contributed by atoms with Crippen LogP contribution in [0.15, 0.2) is 40.6 Å². The Bertz CT molecular complexity index is 882. The summed E-state index contributed by atoms with van der Waals surface area (Å²) in [6.07, 6.45) is 1.59. The van der Waals surface area contributed by atoms with Gasteiger partial charge in [-0.25, -0.2) is 8.78 Å². The SMILES string of the molecule is O=C(CN1C(=O)S/C(=C\c2cccs2)C1=O)Nc1ccc(F)c(F)c1. The molecule has 0 bridgehead atoms. The first-order chi connectivity index (χ1) is 11.9. The van der Waals surface area contributed by atoms with Crippen LogP contribution in [0.25, 0.3) is 6.08 Å². The van der Waals surface area contributed by atoms with E-state index in [0.29, 0.717) is 0 Å². The molecular formula is C16H10F2N2O3S2. The van der Waals surface area contributed by atoms with Crippen molar-refractivity contribution in [3.8, 4) is 0 Å². The van der Waals surface area contributed by atoms with E-state index < -0.39 is 35.2 Å². The van der Waals surface area contributed by atoms with Gasteiger partial charge in [-0.1, -0.05) is 6.07 Å². The van der Waals surface area contributed by atoms with Crippen LogP contribution < -0.4 is 5.32 Å². The molecule has 1 fully saturated rings. The van der Waals surface area contributed by atoms with E-state index in [9.17, 15) is 23.2 Å². The van der Waals surface area contributed by atoms with Crippen molar-refractivity contribution in [2.75, 3.05) is 11.9 Å². The Labute approximate surface area is 149 Å². The molecular weight excluding hydrogens is 370 g/mol. The van der Waals surface area contributed by atoms with Crippen molar-refractivity contribution in [1.29, 1.82) is 0 Å². The zero-order valence-electron chi connectivity index (χ0n) is 12.5. The smallest absolute Gasteiger partial charge is 0.294 e. The summed E-state index contributed by atoms with van der Waals surface area (Å²) in [5.74, 6) is -3.40. The fraction of sp³-hybridized carbons (Fsp3) is 0.0625. The molecule has 5 nitrogen and oxygen atoms in total. The summed E-state index contributed by atoms with van der Waals surface area (Å²) in [5, 5.41) is 3.60. The first-order valence-electron chi connectivity index (χ1n) is 6.98. The van der Waals surface area contributed by atoms with E-state index in [1.165, 1.54) is 17.4 Å². The number of carbonyl (C=O) groups is 3. The highest BCUT2D eigenvalue weighted by atomic mass is 32.2. The fourth-order valence-electron chi connectivity index (χ4n) is 2.06. The zero-order valence-corrected chi connectivity index (χ0v) is 14.1. The minimum Gasteiger partial charge on any atom is -0.324 e. The maximum atomic E-state index is 13.1. The molecule has 0 spiro atoms. The van der Waals surface area contributed by atoms with Gasteiger partial charge in [0.2, 0.25) is 5.91 Å². The number of anilines is 1. The Hall–Kier alpha value is -2.52. The van der Waals surface area contributed by atoms with E-state index in [1.54, 1.807) is 12.1 Å². The summed E-state index contributed by atoms with van der Waals surface area (Å²) in [6, 6.07) is 6.48. The van der Waals surface area contributed by atoms with Gasteiger partial charge in [0.25, 0.3) is 11.1 Å². The standard InChI is InChI=1S/C16H10F2N2O3S2/c17-11-4-3-9(6-12(11)18)19-14(21)8-20-15(22)13(25-16(20)23)7-10-2-1-5-24-10/h1-7H,8H2,(H,19,21)/b13-7-. The molecule has 1 aromatic carbocycles. The van der Waals surface area contributed by atoms with Crippen molar-refractivity contribution < 1.29 is 23.2 Å². The summed E-state index contributed by atoms with van der Waals surface area (Å²) < 4.78 is 26.0. The Kier molecular flexibility index (Phi) is 4.95. The van der Waals surface area contributed by atoms with Gasteiger partial charge in [-0.15, -0.1) is 11.3 Å². The molecule has 1 saturated heterocycles. The summed E-state index contributed by atoms with van der Waals surface area (Å²) in [5.41, 5.74) is 0.0324. The van der Waals surface area contributed by atoms with Gasteiger partial charge in [0.15, 0.2) is 11.6 Å². The number of benzene rings is 1. The number of rotatable bonds is 4. The van der Waals surface area contributed by atoms with Crippen LogP contribution in [-0.2, 0) is 9.59 Å². The van der Waals surface area contributed by atoms with E-state index in [1.807, 2.05) is 11.4 Å². The van der Waals surface area contributed by atoms with E-state index >= 15 is 0 Å². The number of thioether (sulfide) groups is 1. The fourth-order valence-corrected chi connectivity index (χ4v) is 3.62. The molecule has 1 aliphatic heterocycles. The molecule has 0 atom stereocenters. The highest BCUT2D eigenvalue weighted by Crippen LogP contribution is 2.32. The molecule has 0 radical (unpaired) electrons. The summed E-state index contributed by atoms with van der Waals surface area (Å²) in [6.45, 7) is -0.508. The third-order valence-corrected chi connectivity index (χ3v) is 4.92. The predicted octanol–water partition coefficient (Wildman–Crippen LogP) is 3.70. The first kappa shape index (κ1) is 17.3. The monoisotopic (exact) mass is 380 g/mol. The van der Waals surface area contributed by atoms with Crippen LogP contribution >= 0.6 is 23.1 Å². The summed E-state index contributed by atoms with van der Waals surface area (Å²) in [4.78, 5) is 38.0. The normalized spacial score (nSPS) is 15.9. The lowest BCUT2D eigenvalue weighted by atomic mass is 10.3. The van der Waals surface area contributed by atoms with E-state index in [-0.39, 0.29) is 10.6 Å². The molecule has 25 heavy (non-hydrogen) atoms. The number of hydrogen-bond acceptors (Lipinski definition) is 5. The number of nitrogens with zero attached hydrogens (tertiary/aromatic N) is 1. The minimum absolute atomic E-state index is 0.0324. The minimum atomic E-state index is -1.11. The van der Waals surface area contributed by atoms with E-state index in [4.69, 9.17) is 0 Å². The molecule has 0 saturated carbocycles. The second-order valence-electron chi connectivity index (χ2n) is 4.96. The zero-order chi connectivity index (χ0) is 18.0. The summed E-state index contributed by atoms with van der Waals surface area (Å²) in [7, 11) is 0. The lowest BCUT2D eigenvalue weighted by Crippen LogP contribution is -2.36. The van der Waals surface area contributed by atoms with Gasteiger partial charge in [-0.2, -0.15) is 0 Å². The van der Waals surface area contributed by atoms with Crippen LogP contribution in [0, 0.1) is 11.6 Å². The van der Waals surface area contributed by atoms with Crippen molar-refractivity contribution in [2.45, 2.75) is 0 Å². The molecule has 1 N–H and O–H groups in total. The topological polar surface area (TPSA) is 66.5 Å². The molecule has 3 amide bonds. The molecule has 2 aromatic rings. The van der Waals surface area contributed by atoms with Crippen LogP contribution in [0.4, 0.5) is 19.3 Å². The molecule has 9 heteroatoms. The average Bonchev–Trinajstić information content (AvgIpc) is 3.15. The van der Waals surface area contributed by atoms with Gasteiger partial charge < -0.3 is 5.32 Å².